The van der Waals surface area contributed by atoms with Crippen molar-refractivity contribution >= 4 is 29.3 Å². The van der Waals surface area contributed by atoms with Crippen molar-refractivity contribution in [2.75, 3.05) is 20.2 Å². The maximum atomic E-state index is 11.5. The number of piperidine rings is 1. The quantitative estimate of drug-likeness (QED) is 0.887. The standard InChI is InChI=1S/C16H20N2O2.ClH/c1-20-16(19)12-6-8-18(9-7-12)11-13-10-17-15-5-3-2-4-14(13)15;/h2-5,10,12,17H,6-9,11H2,1H3;1H. The van der Waals surface area contributed by atoms with Crippen LogP contribution < -0.4 is 0 Å². The summed E-state index contributed by atoms with van der Waals surface area (Å²) in [6.07, 6.45) is 3.89. The highest BCUT2D eigenvalue weighted by Crippen LogP contribution is 2.23. The van der Waals surface area contributed by atoms with Crippen LogP contribution in [0.1, 0.15) is 18.4 Å². The van der Waals surface area contributed by atoms with Crippen molar-refractivity contribution in [3.05, 3.63) is 36.0 Å². The van der Waals surface area contributed by atoms with Gasteiger partial charge < -0.3 is 9.72 Å². The molecule has 0 radical (unpaired) electrons. The van der Waals surface area contributed by atoms with Gasteiger partial charge in [-0.25, -0.2) is 0 Å². The molecule has 1 saturated heterocycles. The minimum absolute atomic E-state index is 0. The fourth-order valence-electron chi connectivity index (χ4n) is 3.00. The summed E-state index contributed by atoms with van der Waals surface area (Å²) in [5.41, 5.74) is 2.52. The molecule has 114 valence electrons. The Kier molecular flexibility index (Phi) is 5.26. The first-order chi connectivity index (χ1) is 9.78. The third-order valence-electron chi connectivity index (χ3n) is 4.19. The van der Waals surface area contributed by atoms with Gasteiger partial charge in [-0.2, -0.15) is 0 Å². The Hall–Kier alpha value is -1.52. The van der Waals surface area contributed by atoms with E-state index >= 15 is 0 Å². The number of methoxy groups -OCH3 is 1. The predicted octanol–water partition coefficient (Wildman–Crippen LogP) is 2.97. The van der Waals surface area contributed by atoms with Gasteiger partial charge in [-0.05, 0) is 37.6 Å². The molecule has 0 bridgehead atoms. The van der Waals surface area contributed by atoms with Crippen LogP contribution in [0.4, 0.5) is 0 Å². The molecule has 1 aromatic heterocycles. The van der Waals surface area contributed by atoms with Crippen LogP contribution in [0.2, 0.25) is 0 Å². The number of H-pyrrole nitrogens is 1. The number of carbonyl (C=O) groups is 1. The van der Waals surface area contributed by atoms with Crippen molar-refractivity contribution in [1.29, 1.82) is 0 Å². The van der Waals surface area contributed by atoms with Gasteiger partial charge in [0.15, 0.2) is 0 Å². The van der Waals surface area contributed by atoms with Crippen molar-refractivity contribution < 1.29 is 9.53 Å². The van der Waals surface area contributed by atoms with Crippen LogP contribution in [0.15, 0.2) is 30.5 Å². The highest BCUT2D eigenvalue weighted by molar-refractivity contribution is 5.85. The SMILES string of the molecule is COC(=O)C1CCN(Cc2c[nH]c3ccccc23)CC1.Cl. The third-order valence-corrected chi connectivity index (χ3v) is 4.19. The number of ether oxygens (including phenoxy) is 1. The number of aromatic amines is 1. The van der Waals surface area contributed by atoms with Crippen molar-refractivity contribution in [3.8, 4) is 0 Å². The van der Waals surface area contributed by atoms with Gasteiger partial charge >= 0.3 is 5.97 Å². The third kappa shape index (κ3) is 3.39. The lowest BCUT2D eigenvalue weighted by Gasteiger charge is -2.30. The second kappa shape index (κ2) is 6.96. The summed E-state index contributed by atoms with van der Waals surface area (Å²) in [5, 5.41) is 1.29. The Labute approximate surface area is 130 Å². The molecule has 0 saturated carbocycles. The van der Waals surface area contributed by atoms with E-state index in [1.165, 1.54) is 23.6 Å². The second-order valence-corrected chi connectivity index (χ2v) is 5.43. The maximum Gasteiger partial charge on any atom is 0.308 e. The molecule has 0 spiro atoms. The van der Waals surface area contributed by atoms with E-state index in [-0.39, 0.29) is 24.3 Å². The molecule has 0 amide bonds. The number of rotatable bonds is 3. The van der Waals surface area contributed by atoms with E-state index < -0.39 is 0 Å². The van der Waals surface area contributed by atoms with Crippen LogP contribution in [0, 0.1) is 5.92 Å². The van der Waals surface area contributed by atoms with Gasteiger partial charge in [-0.1, -0.05) is 18.2 Å². The molecule has 5 heteroatoms. The molecule has 1 aliphatic heterocycles. The van der Waals surface area contributed by atoms with E-state index in [2.05, 4.69) is 34.3 Å². The first-order valence-electron chi connectivity index (χ1n) is 7.13. The molecule has 0 atom stereocenters. The lowest BCUT2D eigenvalue weighted by molar-refractivity contribution is -0.147. The van der Waals surface area contributed by atoms with E-state index in [1.54, 1.807) is 0 Å². The molecule has 3 rings (SSSR count). The fourth-order valence-corrected chi connectivity index (χ4v) is 3.00. The number of benzene rings is 1. The van der Waals surface area contributed by atoms with E-state index in [0.29, 0.717) is 0 Å². The molecule has 1 fully saturated rings. The van der Waals surface area contributed by atoms with Crippen LogP contribution in [-0.2, 0) is 16.1 Å². The number of carbonyl (C=O) groups excluding carboxylic acids is 1. The lowest BCUT2D eigenvalue weighted by Crippen LogP contribution is -2.36. The number of nitrogens with zero attached hydrogens (tertiary/aromatic N) is 1. The van der Waals surface area contributed by atoms with Gasteiger partial charge in [0.05, 0.1) is 13.0 Å². The molecule has 1 N–H and O–H groups in total. The molecular formula is C16H21ClN2O2. The maximum absolute atomic E-state index is 11.5. The Balaban J connectivity index is 0.00000161. The van der Waals surface area contributed by atoms with E-state index in [1.807, 2.05) is 6.07 Å². The van der Waals surface area contributed by atoms with Gasteiger partial charge in [-0.3, -0.25) is 9.69 Å². The van der Waals surface area contributed by atoms with E-state index in [0.717, 1.165) is 32.5 Å². The van der Waals surface area contributed by atoms with Gasteiger partial charge in [0, 0.05) is 23.6 Å². The zero-order valence-corrected chi connectivity index (χ0v) is 13.0. The molecule has 21 heavy (non-hydrogen) atoms. The summed E-state index contributed by atoms with van der Waals surface area (Å²) in [4.78, 5) is 17.2. The van der Waals surface area contributed by atoms with Gasteiger partial charge in [0.1, 0.15) is 0 Å². The molecule has 0 aliphatic carbocycles. The number of nitrogens with one attached hydrogen (secondary N) is 1. The zero-order valence-electron chi connectivity index (χ0n) is 12.2. The number of esters is 1. The molecule has 2 heterocycles. The van der Waals surface area contributed by atoms with Crippen LogP contribution in [0.25, 0.3) is 10.9 Å². The van der Waals surface area contributed by atoms with Crippen molar-refractivity contribution in [2.24, 2.45) is 5.92 Å². The minimum atomic E-state index is -0.0586. The summed E-state index contributed by atoms with van der Waals surface area (Å²) in [6.45, 7) is 2.86. The monoisotopic (exact) mass is 308 g/mol. The molecule has 0 unspecified atom stereocenters. The number of halogens is 1. The topological polar surface area (TPSA) is 45.3 Å². The smallest absolute Gasteiger partial charge is 0.308 e. The van der Waals surface area contributed by atoms with Crippen molar-refractivity contribution in [1.82, 2.24) is 9.88 Å². The number of para-hydroxylation sites is 1. The zero-order chi connectivity index (χ0) is 13.9. The Morgan fingerprint density at radius 3 is 2.76 bits per heavy atom. The van der Waals surface area contributed by atoms with Crippen LogP contribution in [0.5, 0.6) is 0 Å². The first kappa shape index (κ1) is 15.9. The van der Waals surface area contributed by atoms with Crippen molar-refractivity contribution in [2.45, 2.75) is 19.4 Å². The Bertz CT molecular complexity index is 603. The van der Waals surface area contributed by atoms with E-state index in [9.17, 15) is 4.79 Å². The van der Waals surface area contributed by atoms with Gasteiger partial charge in [0.2, 0.25) is 0 Å². The Morgan fingerprint density at radius 1 is 1.33 bits per heavy atom. The number of likely N-dealkylation sites (tertiary alicyclic amines) is 1. The average molecular weight is 309 g/mol. The number of fused-ring (bicyclic) bond motifs is 1. The average Bonchev–Trinajstić information content (AvgIpc) is 2.91. The minimum Gasteiger partial charge on any atom is -0.469 e. The molecular weight excluding hydrogens is 288 g/mol. The van der Waals surface area contributed by atoms with Gasteiger partial charge in [0.25, 0.3) is 0 Å². The first-order valence-corrected chi connectivity index (χ1v) is 7.13. The Morgan fingerprint density at radius 2 is 2.05 bits per heavy atom. The summed E-state index contributed by atoms with van der Waals surface area (Å²) >= 11 is 0. The number of hydrogen-bond donors (Lipinski definition) is 1. The summed E-state index contributed by atoms with van der Waals surface area (Å²) in [5.74, 6) is 0.0240. The molecule has 4 nitrogen and oxygen atoms in total. The normalized spacial score (nSPS) is 16.6. The van der Waals surface area contributed by atoms with E-state index in [4.69, 9.17) is 4.74 Å². The highest BCUT2D eigenvalue weighted by Gasteiger charge is 2.25. The van der Waals surface area contributed by atoms with Crippen molar-refractivity contribution in [3.63, 3.8) is 0 Å². The summed E-state index contributed by atoms with van der Waals surface area (Å²) < 4.78 is 4.83. The predicted molar refractivity (Wildman–Crippen MR) is 85.6 cm³/mol. The van der Waals surface area contributed by atoms with Crippen LogP contribution in [-0.4, -0.2) is 36.1 Å². The van der Waals surface area contributed by atoms with Crippen LogP contribution >= 0.6 is 12.4 Å². The molecule has 1 aliphatic rings. The summed E-state index contributed by atoms with van der Waals surface area (Å²) in [7, 11) is 1.47. The number of hydrogen-bond acceptors (Lipinski definition) is 3. The van der Waals surface area contributed by atoms with Gasteiger partial charge in [-0.15, -0.1) is 12.4 Å². The number of aromatic nitrogens is 1. The lowest BCUT2D eigenvalue weighted by atomic mass is 9.96. The van der Waals surface area contributed by atoms with Crippen LogP contribution in [0.3, 0.4) is 0 Å². The second-order valence-electron chi connectivity index (χ2n) is 5.43. The highest BCUT2D eigenvalue weighted by atomic mass is 35.5. The molecule has 2 aromatic rings. The fraction of sp³-hybridized carbons (Fsp3) is 0.438. The molecule has 1 aromatic carbocycles. The summed E-state index contributed by atoms with van der Waals surface area (Å²) in [6, 6.07) is 8.37. The largest absolute Gasteiger partial charge is 0.469 e.